The van der Waals surface area contributed by atoms with Gasteiger partial charge in [-0.1, -0.05) is 90.4 Å². The predicted molar refractivity (Wildman–Crippen MR) is 107 cm³/mol. The lowest BCUT2D eigenvalue weighted by molar-refractivity contribution is 0.258. The summed E-state index contributed by atoms with van der Waals surface area (Å²) < 4.78 is 11.2. The Hall–Kier alpha value is 1.81. The second kappa shape index (κ2) is 9.33. The fourth-order valence-electron chi connectivity index (χ4n) is 1.40. The van der Waals surface area contributed by atoms with Crippen molar-refractivity contribution in [1.82, 2.24) is 0 Å². The molecule has 0 fully saturated rings. The first-order valence-corrected chi connectivity index (χ1v) is 11.9. The Morgan fingerprint density at radius 2 is 1.76 bits per heavy atom. The van der Waals surface area contributed by atoms with Crippen LogP contribution in [-0.4, -0.2) is 15.4 Å². The number of hydrogen-bond donors (Lipinski definition) is 0. The monoisotopic (exact) mass is 560 g/mol. The van der Waals surface area contributed by atoms with Gasteiger partial charge in [0.05, 0.1) is 28.6 Å². The molecule has 0 aliphatic carbocycles. The number of hydrogen-bond acceptors (Lipinski definition) is 3. The van der Waals surface area contributed by atoms with Crippen LogP contribution in [0.1, 0.15) is 19.8 Å². The topological polar surface area (TPSA) is 18.5 Å². The lowest BCUT2D eigenvalue weighted by atomic mass is 10.4. The first-order chi connectivity index (χ1) is 9.69. The van der Waals surface area contributed by atoms with Gasteiger partial charge in [-0.05, 0) is 30.4 Å². The zero-order valence-electron chi connectivity index (χ0n) is 11.1. The summed E-state index contributed by atoms with van der Waals surface area (Å²) >= 11 is 28.3. The highest BCUT2D eigenvalue weighted by atomic mass is 80.0. The molecule has 1 atom stereocenters. The van der Waals surface area contributed by atoms with Gasteiger partial charge >= 0.3 is 0 Å². The highest BCUT2D eigenvalue weighted by molar-refractivity contribution is 9.39. The Balaban J connectivity index is 3.09. The van der Waals surface area contributed by atoms with Gasteiger partial charge in [-0.2, -0.15) is 0 Å². The second-order valence-electron chi connectivity index (χ2n) is 4.14. The molecule has 0 aliphatic heterocycles. The average molecular weight is 564 g/mol. The van der Waals surface area contributed by atoms with Crippen LogP contribution in [0.15, 0.2) is 18.2 Å². The molecular formula is C12H14Br3Cl2O2PS. The fourth-order valence-corrected chi connectivity index (χ4v) is 6.35. The first kappa shape index (κ1) is 20.9. The van der Waals surface area contributed by atoms with Gasteiger partial charge in [0.1, 0.15) is 0 Å². The van der Waals surface area contributed by atoms with E-state index in [0.29, 0.717) is 22.0 Å². The van der Waals surface area contributed by atoms with E-state index in [1.165, 1.54) is 0 Å². The van der Waals surface area contributed by atoms with E-state index in [4.69, 9.17) is 44.1 Å². The normalized spacial score (nSPS) is 15.0. The Morgan fingerprint density at radius 1 is 1.19 bits per heavy atom. The van der Waals surface area contributed by atoms with Crippen LogP contribution < -0.4 is 5.30 Å². The molecule has 0 aromatic heterocycles. The molecule has 1 unspecified atom stereocenters. The molecule has 9 heteroatoms. The molecule has 0 heterocycles. The maximum atomic E-state index is 6.26. The van der Waals surface area contributed by atoms with Gasteiger partial charge in [0.25, 0.3) is 0 Å². The van der Waals surface area contributed by atoms with Crippen molar-refractivity contribution in [2.75, 3.05) is 13.2 Å². The molecule has 0 amide bonds. The molecule has 0 bridgehead atoms. The third-order valence-corrected chi connectivity index (χ3v) is 7.15. The molecule has 0 radical (unpaired) electrons. The Morgan fingerprint density at radius 3 is 2.24 bits per heavy atom. The van der Waals surface area contributed by atoms with Crippen LogP contribution in [0.5, 0.6) is 0 Å². The number of unbranched alkanes of at least 4 members (excludes halogenated alkanes) is 1. The second-order valence-corrected chi connectivity index (χ2v) is 15.6. The van der Waals surface area contributed by atoms with E-state index in [1.54, 1.807) is 18.2 Å². The molecule has 1 aromatic rings. The zero-order valence-corrected chi connectivity index (χ0v) is 19.1. The van der Waals surface area contributed by atoms with E-state index in [2.05, 4.69) is 54.7 Å². The van der Waals surface area contributed by atoms with Gasteiger partial charge < -0.3 is 9.05 Å². The molecule has 1 aromatic carbocycles. The Labute approximate surface area is 165 Å². The Bertz CT molecular complexity index is 505. The quantitative estimate of drug-likeness (QED) is 0.212. The molecule has 120 valence electrons. The summed E-state index contributed by atoms with van der Waals surface area (Å²) in [5.41, 5.74) is 0. The molecular weight excluding hydrogens is 550 g/mol. The molecule has 0 aliphatic rings. The zero-order chi connectivity index (χ0) is 16.1. The summed E-state index contributed by atoms with van der Waals surface area (Å²) in [5.74, 6) is 0. The van der Waals surface area contributed by atoms with Crippen molar-refractivity contribution < 1.29 is 9.05 Å². The number of alkyl halides is 3. The van der Waals surface area contributed by atoms with Crippen LogP contribution in [0.3, 0.4) is 0 Å². The van der Waals surface area contributed by atoms with Crippen molar-refractivity contribution in [1.29, 1.82) is 0 Å². The molecule has 0 saturated carbocycles. The summed E-state index contributed by atoms with van der Waals surface area (Å²) in [7, 11) is 0. The van der Waals surface area contributed by atoms with Crippen LogP contribution in [-0.2, 0) is 20.9 Å². The van der Waals surface area contributed by atoms with E-state index in [0.717, 1.165) is 12.8 Å². The van der Waals surface area contributed by atoms with Gasteiger partial charge in [0.15, 0.2) is 2.14 Å². The van der Waals surface area contributed by atoms with Crippen molar-refractivity contribution in [2.24, 2.45) is 0 Å². The number of benzene rings is 1. The van der Waals surface area contributed by atoms with Gasteiger partial charge in [-0.15, -0.1) is 0 Å². The SMILES string of the molecule is CCCCOP(=S)(OCC(Br)(Br)Br)c1c(Cl)cccc1Cl. The van der Waals surface area contributed by atoms with Crippen LogP contribution >= 0.6 is 77.5 Å². The van der Waals surface area contributed by atoms with E-state index in [9.17, 15) is 0 Å². The Kier molecular flexibility index (Phi) is 9.27. The first-order valence-electron chi connectivity index (χ1n) is 6.10. The number of halogens is 5. The minimum atomic E-state index is -2.79. The van der Waals surface area contributed by atoms with Crippen molar-refractivity contribution in [3.63, 3.8) is 0 Å². The van der Waals surface area contributed by atoms with Crippen molar-refractivity contribution in [2.45, 2.75) is 21.9 Å². The fraction of sp³-hybridized carbons (Fsp3) is 0.500. The highest BCUT2D eigenvalue weighted by Crippen LogP contribution is 2.53. The highest BCUT2D eigenvalue weighted by Gasteiger charge is 2.31. The standard InChI is InChI=1S/C12H14Br3Cl2O2PS/c1-2-3-7-18-20(21,19-8-12(13,14)15)11-9(16)5-4-6-10(11)17/h4-6H,2-3,7-8H2,1H3. The van der Waals surface area contributed by atoms with Gasteiger partial charge in [-0.3, -0.25) is 0 Å². The summed E-state index contributed by atoms with van der Waals surface area (Å²) in [4.78, 5) is 0. The maximum absolute atomic E-state index is 6.26. The van der Waals surface area contributed by atoms with E-state index in [-0.39, 0.29) is 6.61 Å². The lowest BCUT2D eigenvalue weighted by Crippen LogP contribution is -2.18. The molecule has 0 N–H and O–H groups in total. The summed E-state index contributed by atoms with van der Waals surface area (Å²) in [5, 5.41) is 1.49. The minimum Gasteiger partial charge on any atom is -0.326 e. The molecule has 1 rings (SSSR count). The van der Waals surface area contributed by atoms with Crippen LogP contribution in [0.25, 0.3) is 0 Å². The van der Waals surface area contributed by atoms with E-state index in [1.807, 2.05) is 0 Å². The molecule has 0 spiro atoms. The van der Waals surface area contributed by atoms with Gasteiger partial charge in [-0.25, -0.2) is 0 Å². The third kappa shape index (κ3) is 7.06. The lowest BCUT2D eigenvalue weighted by Gasteiger charge is -2.26. The summed E-state index contributed by atoms with van der Waals surface area (Å²) in [6.45, 7) is 0.0435. The smallest absolute Gasteiger partial charge is 0.222 e. The van der Waals surface area contributed by atoms with E-state index >= 15 is 0 Å². The van der Waals surface area contributed by atoms with Crippen LogP contribution in [0.4, 0.5) is 0 Å². The predicted octanol–water partition coefficient (Wildman–Crippen LogP) is 6.60. The van der Waals surface area contributed by atoms with Gasteiger partial charge in [0.2, 0.25) is 6.49 Å². The van der Waals surface area contributed by atoms with E-state index < -0.39 is 8.63 Å². The summed E-state index contributed by atoms with van der Waals surface area (Å²) in [6.07, 6.45) is 1.90. The van der Waals surface area contributed by atoms with Crippen molar-refractivity contribution in [3.8, 4) is 0 Å². The van der Waals surface area contributed by atoms with Gasteiger partial charge in [0, 0.05) is 0 Å². The largest absolute Gasteiger partial charge is 0.326 e. The van der Waals surface area contributed by atoms with Crippen molar-refractivity contribution in [3.05, 3.63) is 28.2 Å². The van der Waals surface area contributed by atoms with Crippen molar-refractivity contribution >= 4 is 94.6 Å². The minimum absolute atomic E-state index is 0.248. The van der Waals surface area contributed by atoms with Crippen LogP contribution in [0, 0.1) is 0 Å². The maximum Gasteiger partial charge on any atom is 0.222 e. The van der Waals surface area contributed by atoms with Crippen LogP contribution in [0.2, 0.25) is 10.0 Å². The average Bonchev–Trinajstić information content (AvgIpc) is 2.36. The molecule has 0 saturated heterocycles. The third-order valence-electron chi connectivity index (χ3n) is 2.37. The summed E-state index contributed by atoms with van der Waals surface area (Å²) in [6, 6.07) is 5.24. The number of rotatable bonds is 7. The molecule has 2 nitrogen and oxygen atoms in total. The molecule has 21 heavy (non-hydrogen) atoms.